The van der Waals surface area contributed by atoms with Crippen LogP contribution >= 0.6 is 22.9 Å². The van der Waals surface area contributed by atoms with E-state index >= 15 is 0 Å². The molecule has 11 heteroatoms. The number of thiazole rings is 1. The maximum absolute atomic E-state index is 12.2. The molecule has 2 atom stereocenters. The van der Waals surface area contributed by atoms with Crippen LogP contribution in [0.4, 0.5) is 4.79 Å². The zero-order valence-corrected chi connectivity index (χ0v) is 13.6. The van der Waals surface area contributed by atoms with Crippen molar-refractivity contribution in [3.05, 3.63) is 10.7 Å². The van der Waals surface area contributed by atoms with Crippen LogP contribution in [0.2, 0.25) is 4.47 Å². The average Bonchev–Trinajstić information content (AvgIpc) is 3.10. The summed E-state index contributed by atoms with van der Waals surface area (Å²) in [6.07, 6.45) is 3.08. The van der Waals surface area contributed by atoms with Gasteiger partial charge in [-0.3, -0.25) is 10.1 Å². The number of carbonyl (C=O) groups is 2. The maximum atomic E-state index is 12.2. The van der Waals surface area contributed by atoms with Gasteiger partial charge in [0, 0.05) is 12.5 Å². The Bertz CT molecular complexity index is 734. The number of nitrogens with zero attached hydrogens (tertiary/aromatic N) is 1. The molecule has 120 valence electrons. The second-order valence-electron chi connectivity index (χ2n) is 5.25. The fourth-order valence-electron chi connectivity index (χ4n) is 2.97. The molecule has 2 fully saturated rings. The molecule has 2 heterocycles. The average molecular weight is 365 g/mol. The van der Waals surface area contributed by atoms with Crippen LogP contribution in [0, 0.1) is 5.92 Å². The highest BCUT2D eigenvalue weighted by Crippen LogP contribution is 2.37. The molecule has 3 N–H and O–H groups in total. The van der Waals surface area contributed by atoms with Gasteiger partial charge in [0.2, 0.25) is 0 Å². The summed E-state index contributed by atoms with van der Waals surface area (Å²) in [5, 5.41) is 4.86. The zero-order chi connectivity index (χ0) is 16.0. The first kappa shape index (κ1) is 15.7. The fraction of sp³-hybridized carbons (Fsp3) is 0.545. The number of urea groups is 1. The molecule has 2 unspecified atom stereocenters. The van der Waals surface area contributed by atoms with Crippen LogP contribution in [0.5, 0.6) is 0 Å². The molecular weight excluding hydrogens is 352 g/mol. The van der Waals surface area contributed by atoms with E-state index in [4.69, 9.17) is 11.6 Å². The molecule has 0 bridgehead atoms. The van der Waals surface area contributed by atoms with Crippen LogP contribution in [0.25, 0.3) is 0 Å². The second-order valence-corrected chi connectivity index (χ2v) is 8.86. The Morgan fingerprint density at radius 3 is 2.86 bits per heavy atom. The molecule has 1 spiro atoms. The third kappa shape index (κ3) is 2.60. The summed E-state index contributed by atoms with van der Waals surface area (Å²) in [4.78, 5) is 27.1. The summed E-state index contributed by atoms with van der Waals surface area (Å²) in [7, 11) is -3.73. The molecule has 1 saturated heterocycles. The number of aromatic nitrogens is 1. The minimum Gasteiger partial charge on any atom is -0.323 e. The summed E-state index contributed by atoms with van der Waals surface area (Å²) < 4.78 is 27.0. The number of amides is 3. The zero-order valence-electron chi connectivity index (χ0n) is 11.3. The highest BCUT2D eigenvalue weighted by molar-refractivity contribution is 7.91. The van der Waals surface area contributed by atoms with Crippen molar-refractivity contribution >= 4 is 44.9 Å². The van der Waals surface area contributed by atoms with E-state index in [9.17, 15) is 18.0 Å². The molecule has 2 aliphatic rings. The summed E-state index contributed by atoms with van der Waals surface area (Å²) >= 11 is 6.50. The molecule has 1 saturated carbocycles. The number of carbonyl (C=O) groups excluding carboxylic acids is 2. The number of sulfonamides is 1. The van der Waals surface area contributed by atoms with Gasteiger partial charge in [-0.25, -0.2) is 22.9 Å². The molecule has 1 aliphatic carbocycles. The Kier molecular flexibility index (Phi) is 3.87. The number of halogens is 1. The van der Waals surface area contributed by atoms with Crippen molar-refractivity contribution in [2.75, 3.05) is 6.54 Å². The Morgan fingerprint density at radius 2 is 2.27 bits per heavy atom. The lowest BCUT2D eigenvalue weighted by atomic mass is 9.87. The van der Waals surface area contributed by atoms with Crippen molar-refractivity contribution in [3.8, 4) is 0 Å². The summed E-state index contributed by atoms with van der Waals surface area (Å²) in [6.45, 7) is 0.0611. The Morgan fingerprint density at radius 1 is 1.50 bits per heavy atom. The van der Waals surface area contributed by atoms with Crippen LogP contribution in [0.1, 0.15) is 19.3 Å². The molecule has 8 nitrogen and oxygen atoms in total. The Labute approximate surface area is 135 Å². The topological polar surface area (TPSA) is 117 Å². The Hall–Kier alpha value is -1.23. The van der Waals surface area contributed by atoms with Gasteiger partial charge in [0.1, 0.15) is 5.54 Å². The van der Waals surface area contributed by atoms with E-state index in [0.717, 1.165) is 17.8 Å². The number of imide groups is 1. The number of hydrogen-bond donors (Lipinski definition) is 3. The minimum absolute atomic E-state index is 0.0180. The lowest BCUT2D eigenvalue weighted by Crippen LogP contribution is -2.53. The van der Waals surface area contributed by atoms with Gasteiger partial charge in [0.05, 0.1) is 6.20 Å². The summed E-state index contributed by atoms with van der Waals surface area (Å²) in [5.74, 6) is -0.683. The largest absolute Gasteiger partial charge is 0.323 e. The van der Waals surface area contributed by atoms with Crippen molar-refractivity contribution in [2.24, 2.45) is 5.92 Å². The normalized spacial score (nSPS) is 28.1. The van der Waals surface area contributed by atoms with Gasteiger partial charge >= 0.3 is 6.03 Å². The van der Waals surface area contributed by atoms with Gasteiger partial charge in [-0.15, -0.1) is 0 Å². The highest BCUT2D eigenvalue weighted by Gasteiger charge is 2.54. The third-order valence-electron chi connectivity index (χ3n) is 4.03. The summed E-state index contributed by atoms with van der Waals surface area (Å²) in [6, 6.07) is -0.533. The van der Waals surface area contributed by atoms with E-state index in [-0.39, 0.29) is 27.0 Å². The molecule has 1 aliphatic heterocycles. The van der Waals surface area contributed by atoms with Gasteiger partial charge in [0.15, 0.2) is 8.68 Å². The summed E-state index contributed by atoms with van der Waals surface area (Å²) in [5.41, 5.74) is -1.01. The molecule has 0 aromatic carbocycles. The van der Waals surface area contributed by atoms with Gasteiger partial charge in [-0.1, -0.05) is 29.4 Å². The first-order chi connectivity index (χ1) is 10.3. The number of nitrogens with one attached hydrogen (secondary N) is 3. The third-order valence-corrected chi connectivity index (χ3v) is 7.03. The van der Waals surface area contributed by atoms with E-state index in [1.165, 1.54) is 6.20 Å². The van der Waals surface area contributed by atoms with Crippen molar-refractivity contribution in [2.45, 2.75) is 29.0 Å². The van der Waals surface area contributed by atoms with Gasteiger partial charge in [0.25, 0.3) is 15.9 Å². The predicted molar refractivity (Wildman–Crippen MR) is 79.1 cm³/mol. The fourth-order valence-corrected chi connectivity index (χ4v) is 5.39. The van der Waals surface area contributed by atoms with Crippen LogP contribution in [-0.2, 0) is 14.8 Å². The van der Waals surface area contributed by atoms with Crippen molar-refractivity contribution < 1.29 is 18.0 Å². The van der Waals surface area contributed by atoms with Crippen molar-refractivity contribution in [1.29, 1.82) is 0 Å². The lowest BCUT2D eigenvalue weighted by molar-refractivity contribution is -0.125. The van der Waals surface area contributed by atoms with E-state index in [0.29, 0.717) is 12.8 Å². The molecule has 1 aromatic rings. The smallest absolute Gasteiger partial charge is 0.322 e. The molecule has 3 rings (SSSR count). The maximum Gasteiger partial charge on any atom is 0.322 e. The molecule has 0 radical (unpaired) electrons. The van der Waals surface area contributed by atoms with E-state index in [1.807, 2.05) is 0 Å². The van der Waals surface area contributed by atoms with Crippen LogP contribution in [0.15, 0.2) is 10.4 Å². The van der Waals surface area contributed by atoms with Crippen molar-refractivity contribution in [3.63, 3.8) is 0 Å². The van der Waals surface area contributed by atoms with E-state index in [2.05, 4.69) is 20.3 Å². The van der Waals surface area contributed by atoms with Crippen molar-refractivity contribution in [1.82, 2.24) is 20.3 Å². The first-order valence-corrected chi connectivity index (χ1v) is 9.26. The Balaban J connectivity index is 1.73. The van der Waals surface area contributed by atoms with E-state index < -0.39 is 21.6 Å². The van der Waals surface area contributed by atoms with Crippen LogP contribution in [0.3, 0.4) is 0 Å². The van der Waals surface area contributed by atoms with Crippen LogP contribution < -0.4 is 15.4 Å². The predicted octanol–water partition coefficient (Wildman–Crippen LogP) is 0.453. The first-order valence-electron chi connectivity index (χ1n) is 6.58. The highest BCUT2D eigenvalue weighted by atomic mass is 35.5. The monoisotopic (exact) mass is 364 g/mol. The minimum atomic E-state index is -3.73. The quantitative estimate of drug-likeness (QED) is 0.671. The van der Waals surface area contributed by atoms with E-state index in [1.54, 1.807) is 0 Å². The van der Waals surface area contributed by atoms with Gasteiger partial charge < -0.3 is 5.32 Å². The molecule has 3 amide bonds. The SMILES string of the molecule is O=C1NC(=O)C2(CCCC2CNS(=O)(=O)c2cnc(Cl)s2)N1. The number of hydrogen-bond acceptors (Lipinski definition) is 6. The molecule has 22 heavy (non-hydrogen) atoms. The molecular formula is C11H13ClN4O4S2. The second kappa shape index (κ2) is 5.44. The van der Waals surface area contributed by atoms with Crippen LogP contribution in [-0.4, -0.2) is 37.4 Å². The lowest BCUT2D eigenvalue weighted by Gasteiger charge is -2.27. The molecule has 1 aromatic heterocycles. The van der Waals surface area contributed by atoms with Gasteiger partial charge in [-0.05, 0) is 12.8 Å². The van der Waals surface area contributed by atoms with Gasteiger partial charge in [-0.2, -0.15) is 0 Å². The number of rotatable bonds is 4. The standard InChI is InChI=1S/C11H13ClN4O4S2/c12-9-13-5-7(21-9)22(19,20)14-4-6-2-1-3-11(6)8(17)15-10(18)16-11/h5-6,14H,1-4H2,(H2,15,16,17,18).